The van der Waals surface area contributed by atoms with Crippen molar-refractivity contribution in [3.05, 3.63) is 31.5 Å². The molecule has 0 bridgehead atoms. The molecule has 0 saturated heterocycles. The van der Waals surface area contributed by atoms with Crippen LogP contribution in [0.15, 0.2) is 14.4 Å². The van der Waals surface area contributed by atoms with Crippen molar-refractivity contribution in [1.82, 2.24) is 13.7 Å². The molecule has 0 aliphatic rings. The van der Waals surface area contributed by atoms with E-state index in [9.17, 15) is 14.4 Å². The van der Waals surface area contributed by atoms with Crippen LogP contribution in [0.3, 0.4) is 0 Å². The zero-order valence-corrected chi connectivity index (χ0v) is 11.6. The molecule has 0 radical (unpaired) electrons. The molecule has 0 aliphatic carbocycles. The van der Waals surface area contributed by atoms with Crippen LogP contribution in [-0.2, 0) is 0 Å². The van der Waals surface area contributed by atoms with Crippen molar-refractivity contribution in [3.63, 3.8) is 0 Å². The predicted octanol–water partition coefficient (Wildman–Crippen LogP) is -0.575. The molecule has 0 fully saturated rings. The summed E-state index contributed by atoms with van der Waals surface area (Å²) in [6.07, 6.45) is 0. The van der Waals surface area contributed by atoms with Gasteiger partial charge in [0.05, 0.1) is 18.2 Å². The maximum absolute atomic E-state index is 12.2. The van der Waals surface area contributed by atoms with E-state index in [0.717, 1.165) is 0 Å². The van der Waals surface area contributed by atoms with Crippen LogP contribution in [-0.4, -0.2) is 13.7 Å². The maximum atomic E-state index is 12.2. The molecule has 108 valence electrons. The Morgan fingerprint density at radius 1 is 0.667 bits per heavy atom. The van der Waals surface area contributed by atoms with E-state index in [-0.39, 0.29) is 0 Å². The summed E-state index contributed by atoms with van der Waals surface area (Å²) in [5, 5.41) is 26.7. The first-order valence-corrected chi connectivity index (χ1v) is 6.00. The second-order valence-electron chi connectivity index (χ2n) is 4.37. The largest absolute Gasteiger partial charge is 0.338 e. The Kier molecular flexibility index (Phi) is 4.47. The van der Waals surface area contributed by atoms with E-state index in [1.54, 1.807) is 18.2 Å². The second kappa shape index (κ2) is 5.89. The standard InChI is InChI=1S/C12H12N6O3/c1-7(4-13)16-10(19)17(8(2)5-14)12(21)18(11(16)20)9(3)6-15/h7-9H,1-3H3. The van der Waals surface area contributed by atoms with Crippen LogP contribution >= 0.6 is 0 Å². The highest BCUT2D eigenvalue weighted by Crippen LogP contribution is 2.01. The number of hydrogen-bond acceptors (Lipinski definition) is 6. The van der Waals surface area contributed by atoms with Gasteiger partial charge < -0.3 is 0 Å². The molecule has 1 rings (SSSR count). The van der Waals surface area contributed by atoms with E-state index >= 15 is 0 Å². The highest BCUT2D eigenvalue weighted by Gasteiger charge is 2.24. The molecule has 1 aromatic rings. The molecule has 1 aromatic heterocycles. The third kappa shape index (κ3) is 2.47. The van der Waals surface area contributed by atoms with Gasteiger partial charge in [0.15, 0.2) is 0 Å². The lowest BCUT2D eigenvalue weighted by molar-refractivity contribution is 0.421. The maximum Gasteiger partial charge on any atom is 0.338 e. The van der Waals surface area contributed by atoms with Crippen LogP contribution in [0.2, 0.25) is 0 Å². The van der Waals surface area contributed by atoms with E-state index in [2.05, 4.69) is 0 Å². The van der Waals surface area contributed by atoms with Gasteiger partial charge >= 0.3 is 17.1 Å². The lowest BCUT2D eigenvalue weighted by Crippen LogP contribution is -2.56. The topological polar surface area (TPSA) is 137 Å². The van der Waals surface area contributed by atoms with Gasteiger partial charge in [0.2, 0.25) is 0 Å². The highest BCUT2D eigenvalue weighted by atomic mass is 16.2. The smallest absolute Gasteiger partial charge is 0.247 e. The summed E-state index contributed by atoms with van der Waals surface area (Å²) in [4.78, 5) is 36.6. The minimum atomic E-state index is -1.14. The van der Waals surface area contributed by atoms with Crippen molar-refractivity contribution in [1.29, 1.82) is 15.8 Å². The van der Waals surface area contributed by atoms with Crippen LogP contribution in [0.5, 0.6) is 0 Å². The average Bonchev–Trinajstić information content (AvgIpc) is 2.46. The van der Waals surface area contributed by atoms with Crippen molar-refractivity contribution >= 4 is 0 Å². The summed E-state index contributed by atoms with van der Waals surface area (Å²) in [7, 11) is 0. The van der Waals surface area contributed by atoms with Crippen LogP contribution in [0.1, 0.15) is 38.9 Å². The molecule has 0 aromatic carbocycles. The SMILES string of the molecule is CC(C#N)n1c(=O)n(C(C)C#N)c(=O)n(C(C)C#N)c1=O. The molecule has 3 unspecified atom stereocenters. The minimum Gasteiger partial charge on any atom is -0.247 e. The van der Waals surface area contributed by atoms with Gasteiger partial charge in [-0.2, -0.15) is 15.8 Å². The number of aromatic nitrogens is 3. The summed E-state index contributed by atoms with van der Waals surface area (Å²) < 4.78 is 1.68. The molecule has 9 heteroatoms. The van der Waals surface area contributed by atoms with Crippen molar-refractivity contribution in [2.24, 2.45) is 0 Å². The number of hydrogen-bond donors (Lipinski definition) is 0. The second-order valence-corrected chi connectivity index (χ2v) is 4.37. The molecule has 3 atom stereocenters. The zero-order chi connectivity index (χ0) is 16.3. The van der Waals surface area contributed by atoms with Crippen LogP contribution in [0.25, 0.3) is 0 Å². The first-order valence-electron chi connectivity index (χ1n) is 6.00. The number of nitrogens with zero attached hydrogens (tertiary/aromatic N) is 6. The van der Waals surface area contributed by atoms with E-state index < -0.39 is 35.2 Å². The lowest BCUT2D eigenvalue weighted by Gasteiger charge is -2.16. The van der Waals surface area contributed by atoms with Gasteiger partial charge in [-0.1, -0.05) is 0 Å². The van der Waals surface area contributed by atoms with Gasteiger partial charge in [-0.05, 0) is 20.8 Å². The summed E-state index contributed by atoms with van der Waals surface area (Å²) in [5.41, 5.74) is -3.14. The fraction of sp³-hybridized carbons (Fsp3) is 0.500. The monoisotopic (exact) mass is 288 g/mol. The van der Waals surface area contributed by atoms with Crippen molar-refractivity contribution < 1.29 is 0 Å². The fourth-order valence-electron chi connectivity index (χ4n) is 1.76. The molecule has 0 N–H and O–H groups in total. The van der Waals surface area contributed by atoms with Gasteiger partial charge in [0.25, 0.3) is 0 Å². The Bertz CT molecular complexity index is 709. The van der Waals surface area contributed by atoms with E-state index in [1.807, 2.05) is 0 Å². The Morgan fingerprint density at radius 2 is 0.857 bits per heavy atom. The predicted molar refractivity (Wildman–Crippen MR) is 70.2 cm³/mol. The quantitative estimate of drug-likeness (QED) is 0.729. The molecular formula is C12H12N6O3. The van der Waals surface area contributed by atoms with Gasteiger partial charge in [0, 0.05) is 0 Å². The Labute approximate surface area is 119 Å². The Hall–Kier alpha value is -3.12. The average molecular weight is 288 g/mol. The van der Waals surface area contributed by atoms with Crippen LogP contribution in [0.4, 0.5) is 0 Å². The lowest BCUT2D eigenvalue weighted by atomic mass is 10.3. The molecular weight excluding hydrogens is 276 g/mol. The third-order valence-corrected chi connectivity index (χ3v) is 2.96. The summed E-state index contributed by atoms with van der Waals surface area (Å²) in [5.74, 6) is 0. The molecule has 9 nitrogen and oxygen atoms in total. The van der Waals surface area contributed by atoms with Gasteiger partial charge in [-0.3, -0.25) is 0 Å². The van der Waals surface area contributed by atoms with Crippen molar-refractivity contribution in [3.8, 4) is 18.2 Å². The fourth-order valence-corrected chi connectivity index (χ4v) is 1.76. The van der Waals surface area contributed by atoms with E-state index in [1.165, 1.54) is 20.8 Å². The normalized spacial score (nSPS) is 14.3. The van der Waals surface area contributed by atoms with Gasteiger partial charge in [0.1, 0.15) is 18.1 Å². The third-order valence-electron chi connectivity index (χ3n) is 2.96. The van der Waals surface area contributed by atoms with E-state index in [0.29, 0.717) is 13.7 Å². The molecule has 0 spiro atoms. The molecule has 21 heavy (non-hydrogen) atoms. The first kappa shape index (κ1) is 15.9. The Morgan fingerprint density at radius 3 is 1.00 bits per heavy atom. The number of rotatable bonds is 3. The van der Waals surface area contributed by atoms with Crippen molar-refractivity contribution in [2.45, 2.75) is 38.9 Å². The van der Waals surface area contributed by atoms with Crippen LogP contribution in [0, 0.1) is 34.0 Å². The van der Waals surface area contributed by atoms with Gasteiger partial charge in [-0.25, -0.2) is 28.1 Å². The summed E-state index contributed by atoms with van der Waals surface area (Å²) >= 11 is 0. The Balaban J connectivity index is 4.06. The zero-order valence-electron chi connectivity index (χ0n) is 11.6. The van der Waals surface area contributed by atoms with Crippen molar-refractivity contribution in [2.75, 3.05) is 0 Å². The van der Waals surface area contributed by atoms with Gasteiger partial charge in [-0.15, -0.1) is 0 Å². The first-order chi connectivity index (χ1) is 9.81. The summed E-state index contributed by atoms with van der Waals surface area (Å²) in [6, 6.07) is 1.74. The summed E-state index contributed by atoms with van der Waals surface area (Å²) in [6.45, 7) is 3.90. The highest BCUT2D eigenvalue weighted by molar-refractivity contribution is 4.98. The molecule has 0 saturated carbocycles. The molecule has 0 amide bonds. The van der Waals surface area contributed by atoms with Crippen LogP contribution < -0.4 is 17.1 Å². The number of nitriles is 3. The minimum absolute atomic E-state index is 0.559. The van der Waals surface area contributed by atoms with E-state index in [4.69, 9.17) is 15.8 Å². The molecule has 0 aliphatic heterocycles. The molecule has 1 heterocycles.